The first-order chi connectivity index (χ1) is 15.7. The van der Waals surface area contributed by atoms with Gasteiger partial charge in [0.15, 0.2) is 23.3 Å². The van der Waals surface area contributed by atoms with E-state index in [1.54, 1.807) is 18.2 Å². The molecule has 0 bridgehead atoms. The lowest BCUT2D eigenvalue weighted by atomic mass is 10.1. The number of halogens is 6. The molecule has 0 heterocycles. The average molecular weight is 477 g/mol. The topological polar surface area (TPSA) is 29.1 Å². The predicted molar refractivity (Wildman–Crippen MR) is 115 cm³/mol. The van der Waals surface area contributed by atoms with E-state index in [9.17, 15) is 30.9 Å². The lowest BCUT2D eigenvalue weighted by molar-refractivity contribution is 0.382. The molecule has 0 saturated heterocycles. The highest BCUT2D eigenvalue weighted by Crippen LogP contribution is 2.47. The molecule has 0 spiro atoms. The van der Waals surface area contributed by atoms with Crippen molar-refractivity contribution in [3.63, 3.8) is 0 Å². The number of benzene rings is 4. The number of hydrogen-bond donors (Lipinski definition) is 1. The maximum absolute atomic E-state index is 14.5. The second-order valence-corrected chi connectivity index (χ2v) is 9.47. The van der Waals surface area contributed by atoms with E-state index in [0.717, 1.165) is 0 Å². The van der Waals surface area contributed by atoms with Crippen LogP contribution < -0.4 is 15.7 Å². The van der Waals surface area contributed by atoms with Gasteiger partial charge in [0, 0.05) is 10.6 Å². The molecule has 168 valence electrons. The van der Waals surface area contributed by atoms with Gasteiger partial charge in [-0.25, -0.2) is 26.3 Å². The van der Waals surface area contributed by atoms with Crippen LogP contribution in [0.5, 0.6) is 0 Å². The largest absolute Gasteiger partial charge is 0.324 e. The average Bonchev–Trinajstić information content (AvgIpc) is 2.85. The van der Waals surface area contributed by atoms with Crippen molar-refractivity contribution in [2.45, 2.75) is 0 Å². The van der Waals surface area contributed by atoms with Crippen molar-refractivity contribution in [1.82, 2.24) is 0 Å². The van der Waals surface area contributed by atoms with Crippen molar-refractivity contribution in [2.24, 2.45) is 0 Å². The molecule has 1 N–H and O–H groups in total. The van der Waals surface area contributed by atoms with Crippen LogP contribution in [-0.2, 0) is 4.57 Å². The van der Waals surface area contributed by atoms with E-state index in [4.69, 9.17) is 0 Å². The monoisotopic (exact) mass is 477 g/mol. The van der Waals surface area contributed by atoms with Crippen molar-refractivity contribution in [2.75, 3.05) is 5.09 Å². The second kappa shape index (κ2) is 8.79. The minimum absolute atomic E-state index is 0.0340. The fourth-order valence-electron chi connectivity index (χ4n) is 3.38. The molecule has 0 aliphatic carbocycles. The Morgan fingerprint density at radius 1 is 0.576 bits per heavy atom. The van der Waals surface area contributed by atoms with Crippen LogP contribution in [0.25, 0.3) is 11.1 Å². The zero-order valence-corrected chi connectivity index (χ0v) is 17.5. The summed E-state index contributed by atoms with van der Waals surface area (Å²) >= 11 is 0. The summed E-state index contributed by atoms with van der Waals surface area (Å²) < 4.78 is 98.0. The first-order valence-corrected chi connectivity index (χ1v) is 11.3. The Morgan fingerprint density at radius 2 is 1.09 bits per heavy atom. The maximum atomic E-state index is 14.5. The van der Waals surface area contributed by atoms with E-state index in [0.29, 0.717) is 11.1 Å². The molecular weight excluding hydrogens is 463 g/mol. The molecule has 0 saturated carbocycles. The van der Waals surface area contributed by atoms with Crippen LogP contribution in [0.4, 0.5) is 32.0 Å². The molecular formula is C24H14F6NOP. The highest BCUT2D eigenvalue weighted by Gasteiger charge is 2.35. The summed E-state index contributed by atoms with van der Waals surface area (Å²) in [6.07, 6.45) is 0. The van der Waals surface area contributed by atoms with Gasteiger partial charge in [-0.05, 0) is 41.5 Å². The van der Waals surface area contributed by atoms with Crippen molar-refractivity contribution in [3.8, 4) is 11.1 Å². The fraction of sp³-hybridized carbons (Fsp3) is 0. The molecule has 1 atom stereocenters. The van der Waals surface area contributed by atoms with E-state index >= 15 is 0 Å². The Kier molecular flexibility index (Phi) is 6.04. The summed E-state index contributed by atoms with van der Waals surface area (Å²) in [4.78, 5) is 0. The fourth-order valence-corrected chi connectivity index (χ4v) is 5.85. The van der Waals surface area contributed by atoms with Crippen molar-refractivity contribution in [1.29, 1.82) is 0 Å². The van der Waals surface area contributed by atoms with E-state index in [1.807, 2.05) is 0 Å². The lowest BCUT2D eigenvalue weighted by Gasteiger charge is -2.25. The van der Waals surface area contributed by atoms with Gasteiger partial charge in [-0.15, -0.1) is 0 Å². The molecule has 0 amide bonds. The third kappa shape index (κ3) is 4.02. The minimum Gasteiger partial charge on any atom is -0.324 e. The summed E-state index contributed by atoms with van der Waals surface area (Å²) in [5.74, 6) is -11.4. The normalized spacial score (nSPS) is 12.9. The smallest absolute Gasteiger partial charge is 0.227 e. The molecule has 2 nitrogen and oxygen atoms in total. The van der Waals surface area contributed by atoms with Gasteiger partial charge in [0.1, 0.15) is 11.5 Å². The Bertz CT molecular complexity index is 1350. The van der Waals surface area contributed by atoms with E-state index in [2.05, 4.69) is 5.09 Å². The molecule has 1 unspecified atom stereocenters. The molecule has 0 fully saturated rings. The molecule has 0 aromatic heterocycles. The zero-order chi connectivity index (χ0) is 23.8. The van der Waals surface area contributed by atoms with Crippen LogP contribution in [0.15, 0.2) is 78.9 Å². The van der Waals surface area contributed by atoms with Gasteiger partial charge in [-0.3, -0.25) is 4.57 Å². The lowest BCUT2D eigenvalue weighted by Crippen LogP contribution is -2.24. The minimum atomic E-state index is -4.25. The third-order valence-electron chi connectivity index (χ3n) is 5.00. The molecule has 4 aromatic carbocycles. The summed E-state index contributed by atoms with van der Waals surface area (Å²) in [6, 6.07) is 18.7. The Morgan fingerprint density at radius 3 is 1.70 bits per heavy atom. The third-order valence-corrected chi connectivity index (χ3v) is 7.63. The van der Waals surface area contributed by atoms with Crippen molar-refractivity contribution < 1.29 is 30.9 Å². The molecule has 9 heteroatoms. The number of nitrogens with one attached hydrogen (secondary N) is 1. The Labute approximate surface area is 184 Å². The molecule has 0 aliphatic rings. The molecule has 4 aromatic rings. The number of rotatable bonds is 5. The summed E-state index contributed by atoms with van der Waals surface area (Å²) in [5.41, 5.74) is -0.657. The van der Waals surface area contributed by atoms with Gasteiger partial charge in [-0.1, -0.05) is 48.5 Å². The van der Waals surface area contributed by atoms with Crippen LogP contribution in [0.2, 0.25) is 0 Å². The van der Waals surface area contributed by atoms with E-state index in [1.165, 1.54) is 60.7 Å². The first-order valence-electron chi connectivity index (χ1n) is 9.55. The van der Waals surface area contributed by atoms with E-state index in [-0.39, 0.29) is 10.6 Å². The molecule has 4 rings (SSSR count). The highest BCUT2D eigenvalue weighted by molar-refractivity contribution is 7.80. The van der Waals surface area contributed by atoms with Crippen LogP contribution in [0.3, 0.4) is 0 Å². The van der Waals surface area contributed by atoms with Gasteiger partial charge >= 0.3 is 0 Å². The van der Waals surface area contributed by atoms with Gasteiger partial charge in [-0.2, -0.15) is 0 Å². The second-order valence-electron chi connectivity index (χ2n) is 7.03. The van der Waals surface area contributed by atoms with E-state index < -0.39 is 47.9 Å². The first kappa shape index (κ1) is 22.7. The van der Waals surface area contributed by atoms with Gasteiger partial charge in [0.25, 0.3) is 0 Å². The summed E-state index contributed by atoms with van der Waals surface area (Å²) in [5, 5.41) is 2.23. The Balaban J connectivity index is 1.98. The summed E-state index contributed by atoms with van der Waals surface area (Å²) in [6.45, 7) is 0. The SMILES string of the molecule is O=P(Nc1c(F)c(F)c(F)c(F)c1F)(c1ccccc1)c1ccccc1-c1ccc(F)cc1. The predicted octanol–water partition coefficient (Wildman–Crippen LogP) is 6.53. The highest BCUT2D eigenvalue weighted by atomic mass is 31.2. The van der Waals surface area contributed by atoms with Crippen LogP contribution in [0.1, 0.15) is 0 Å². The molecule has 33 heavy (non-hydrogen) atoms. The number of hydrogen-bond acceptors (Lipinski definition) is 1. The van der Waals surface area contributed by atoms with Gasteiger partial charge < -0.3 is 5.09 Å². The van der Waals surface area contributed by atoms with Gasteiger partial charge in [0.2, 0.25) is 13.1 Å². The van der Waals surface area contributed by atoms with Gasteiger partial charge in [0.05, 0.1) is 0 Å². The molecule has 0 aliphatic heterocycles. The summed E-state index contributed by atoms with van der Waals surface area (Å²) in [7, 11) is -4.25. The molecule has 0 radical (unpaired) electrons. The Hall–Kier alpha value is -3.51. The van der Waals surface area contributed by atoms with Crippen LogP contribution >= 0.6 is 7.29 Å². The maximum Gasteiger partial charge on any atom is 0.227 e. The number of anilines is 1. The zero-order valence-electron chi connectivity index (χ0n) is 16.6. The van der Waals surface area contributed by atoms with Crippen molar-refractivity contribution in [3.05, 3.63) is 114 Å². The quantitative estimate of drug-likeness (QED) is 0.153. The van der Waals surface area contributed by atoms with Crippen LogP contribution in [-0.4, -0.2) is 0 Å². The van der Waals surface area contributed by atoms with Crippen molar-refractivity contribution >= 4 is 23.6 Å². The standard InChI is InChI=1S/C24H14F6NOP/c25-15-12-10-14(11-13-15)17-8-4-5-9-18(17)33(32,16-6-2-1-3-7-16)31-24-22(29)20(27)19(26)21(28)23(24)30/h1-13H,(H,31,32). The van der Waals surface area contributed by atoms with Crippen LogP contribution in [0, 0.1) is 34.9 Å².